The van der Waals surface area contributed by atoms with Crippen molar-refractivity contribution in [1.29, 1.82) is 0 Å². The normalized spacial score (nSPS) is 13.4. The fourth-order valence-corrected chi connectivity index (χ4v) is 2.20. The van der Waals surface area contributed by atoms with Crippen molar-refractivity contribution in [2.75, 3.05) is 0 Å². The van der Waals surface area contributed by atoms with Gasteiger partial charge in [0.25, 0.3) is 0 Å². The van der Waals surface area contributed by atoms with Crippen molar-refractivity contribution in [2.24, 2.45) is 0 Å². The van der Waals surface area contributed by atoms with Gasteiger partial charge in [-0.2, -0.15) is 0 Å². The SMILES string of the molecule is O=C(Cc1ccc2c(c1)B(O)OC2)c1ccncc1. The first-order valence-electron chi connectivity index (χ1n) is 6.08. The lowest BCUT2D eigenvalue weighted by molar-refractivity contribution is 0.0993. The van der Waals surface area contributed by atoms with Crippen LogP contribution in [0.2, 0.25) is 0 Å². The van der Waals surface area contributed by atoms with Gasteiger partial charge < -0.3 is 9.68 Å². The Kier molecular flexibility index (Phi) is 3.15. The number of carbonyl (C=O) groups is 1. The van der Waals surface area contributed by atoms with Crippen LogP contribution in [-0.4, -0.2) is 22.9 Å². The molecule has 0 saturated heterocycles. The number of ketones is 1. The summed E-state index contributed by atoms with van der Waals surface area (Å²) in [6, 6.07) is 9.05. The van der Waals surface area contributed by atoms with Crippen LogP contribution in [0.4, 0.5) is 0 Å². The molecule has 0 bridgehead atoms. The Morgan fingerprint density at radius 3 is 2.89 bits per heavy atom. The molecule has 0 aliphatic carbocycles. The highest BCUT2D eigenvalue weighted by molar-refractivity contribution is 6.61. The number of pyridine rings is 1. The van der Waals surface area contributed by atoms with Gasteiger partial charge >= 0.3 is 7.12 Å². The van der Waals surface area contributed by atoms with E-state index in [2.05, 4.69) is 4.98 Å². The van der Waals surface area contributed by atoms with Crippen molar-refractivity contribution in [2.45, 2.75) is 13.0 Å². The average Bonchev–Trinajstić information content (AvgIpc) is 2.81. The molecule has 4 nitrogen and oxygen atoms in total. The third kappa shape index (κ3) is 2.43. The first kappa shape index (κ1) is 12.1. The minimum Gasteiger partial charge on any atom is -0.423 e. The van der Waals surface area contributed by atoms with Crippen LogP contribution in [0.25, 0.3) is 0 Å². The van der Waals surface area contributed by atoms with E-state index in [-0.39, 0.29) is 5.78 Å². The fourth-order valence-electron chi connectivity index (χ4n) is 2.20. The number of Topliss-reactive ketones (excluding diaryl/α,β-unsaturated/α-hetero) is 1. The van der Waals surface area contributed by atoms with Crippen LogP contribution >= 0.6 is 0 Å². The first-order chi connectivity index (χ1) is 9.24. The second-order valence-corrected chi connectivity index (χ2v) is 4.53. The third-order valence-electron chi connectivity index (χ3n) is 3.24. The fraction of sp³-hybridized carbons (Fsp3) is 0.143. The number of aromatic nitrogens is 1. The number of fused-ring (bicyclic) bond motifs is 1. The maximum Gasteiger partial charge on any atom is 0.491 e. The van der Waals surface area contributed by atoms with Gasteiger partial charge in [0.05, 0.1) is 6.61 Å². The van der Waals surface area contributed by atoms with E-state index < -0.39 is 7.12 Å². The lowest BCUT2D eigenvalue weighted by Crippen LogP contribution is -2.28. The van der Waals surface area contributed by atoms with Gasteiger partial charge in [0.15, 0.2) is 5.78 Å². The lowest BCUT2D eigenvalue weighted by atomic mass is 9.78. The molecule has 3 rings (SSSR count). The van der Waals surface area contributed by atoms with Crippen LogP contribution in [-0.2, 0) is 17.7 Å². The van der Waals surface area contributed by atoms with E-state index in [0.29, 0.717) is 18.6 Å². The van der Waals surface area contributed by atoms with Crippen LogP contribution in [0.3, 0.4) is 0 Å². The Morgan fingerprint density at radius 2 is 2.11 bits per heavy atom. The summed E-state index contributed by atoms with van der Waals surface area (Å²) in [5.74, 6) is 0.0377. The highest BCUT2D eigenvalue weighted by atomic mass is 16.5. The highest BCUT2D eigenvalue weighted by Gasteiger charge is 2.27. The highest BCUT2D eigenvalue weighted by Crippen LogP contribution is 2.13. The van der Waals surface area contributed by atoms with Gasteiger partial charge in [-0.3, -0.25) is 9.78 Å². The van der Waals surface area contributed by atoms with Gasteiger partial charge in [-0.05, 0) is 28.7 Å². The summed E-state index contributed by atoms with van der Waals surface area (Å²) in [5.41, 5.74) is 3.27. The molecule has 0 saturated carbocycles. The monoisotopic (exact) mass is 253 g/mol. The van der Waals surface area contributed by atoms with E-state index in [1.165, 1.54) is 0 Å². The zero-order valence-corrected chi connectivity index (χ0v) is 10.2. The van der Waals surface area contributed by atoms with E-state index in [1.54, 1.807) is 24.5 Å². The van der Waals surface area contributed by atoms with Gasteiger partial charge in [0, 0.05) is 24.4 Å². The van der Waals surface area contributed by atoms with E-state index >= 15 is 0 Å². The Labute approximate surface area is 111 Å². The molecule has 2 heterocycles. The van der Waals surface area contributed by atoms with Gasteiger partial charge in [0.1, 0.15) is 0 Å². The van der Waals surface area contributed by atoms with E-state index in [4.69, 9.17) is 4.65 Å². The first-order valence-corrected chi connectivity index (χ1v) is 6.08. The van der Waals surface area contributed by atoms with Crippen molar-refractivity contribution in [3.8, 4) is 0 Å². The van der Waals surface area contributed by atoms with Crippen LogP contribution in [0.1, 0.15) is 21.5 Å². The molecule has 0 fully saturated rings. The van der Waals surface area contributed by atoms with Crippen molar-refractivity contribution in [1.82, 2.24) is 4.98 Å². The molecule has 2 aromatic rings. The second kappa shape index (κ2) is 4.95. The molecule has 19 heavy (non-hydrogen) atoms. The molecule has 94 valence electrons. The molecule has 1 aliphatic rings. The summed E-state index contributed by atoms with van der Waals surface area (Å²) in [6.45, 7) is 0.426. The standard InChI is InChI=1S/C14H12BNO3/c17-14(11-3-5-16-6-4-11)8-10-1-2-12-9-19-15(18)13(12)7-10/h1-7,18H,8-9H2. The maximum atomic E-state index is 12.1. The third-order valence-corrected chi connectivity index (χ3v) is 3.24. The minimum atomic E-state index is -0.869. The topological polar surface area (TPSA) is 59.4 Å². The lowest BCUT2D eigenvalue weighted by Gasteiger charge is -2.04. The van der Waals surface area contributed by atoms with Crippen LogP contribution < -0.4 is 5.46 Å². The molecule has 1 N–H and O–H groups in total. The van der Waals surface area contributed by atoms with Crippen molar-refractivity contribution >= 4 is 18.4 Å². The summed E-state index contributed by atoms with van der Waals surface area (Å²) >= 11 is 0. The second-order valence-electron chi connectivity index (χ2n) is 4.53. The number of hydrogen-bond donors (Lipinski definition) is 1. The molecular formula is C14H12BNO3. The zero-order valence-electron chi connectivity index (χ0n) is 10.2. The Bertz CT molecular complexity index is 615. The van der Waals surface area contributed by atoms with Crippen LogP contribution in [0.5, 0.6) is 0 Å². The summed E-state index contributed by atoms with van der Waals surface area (Å²) in [6.07, 6.45) is 3.52. The molecule has 1 aromatic heterocycles. The predicted octanol–water partition coefficient (Wildman–Crippen LogP) is 0.725. The smallest absolute Gasteiger partial charge is 0.423 e. The van der Waals surface area contributed by atoms with Gasteiger partial charge in [-0.1, -0.05) is 18.2 Å². The van der Waals surface area contributed by atoms with E-state index in [9.17, 15) is 9.82 Å². The largest absolute Gasteiger partial charge is 0.491 e. The molecule has 0 atom stereocenters. The Hall–Kier alpha value is -1.98. The van der Waals surface area contributed by atoms with Crippen molar-refractivity contribution in [3.63, 3.8) is 0 Å². The number of benzene rings is 1. The van der Waals surface area contributed by atoms with Gasteiger partial charge in [-0.25, -0.2) is 0 Å². The Balaban J connectivity index is 1.81. The van der Waals surface area contributed by atoms with Crippen LogP contribution in [0, 0.1) is 0 Å². The van der Waals surface area contributed by atoms with Gasteiger partial charge in [0.2, 0.25) is 0 Å². The quantitative estimate of drug-likeness (QED) is 0.647. The van der Waals surface area contributed by atoms with Gasteiger partial charge in [-0.15, -0.1) is 0 Å². The molecule has 0 unspecified atom stereocenters. The molecule has 1 aromatic carbocycles. The molecular weight excluding hydrogens is 241 g/mol. The number of hydrogen-bond acceptors (Lipinski definition) is 4. The molecule has 0 spiro atoms. The summed E-state index contributed by atoms with van der Waals surface area (Å²) in [4.78, 5) is 16.0. The minimum absolute atomic E-state index is 0.0377. The maximum absolute atomic E-state index is 12.1. The number of nitrogens with zero attached hydrogens (tertiary/aromatic N) is 1. The zero-order chi connectivity index (χ0) is 13.2. The Morgan fingerprint density at radius 1 is 1.32 bits per heavy atom. The molecule has 5 heteroatoms. The number of rotatable bonds is 3. The van der Waals surface area contributed by atoms with Crippen LogP contribution in [0.15, 0.2) is 42.7 Å². The predicted molar refractivity (Wildman–Crippen MR) is 71.1 cm³/mol. The summed E-state index contributed by atoms with van der Waals surface area (Å²) < 4.78 is 5.13. The molecule has 0 radical (unpaired) electrons. The van der Waals surface area contributed by atoms with Crippen molar-refractivity contribution < 1.29 is 14.5 Å². The molecule has 1 aliphatic heterocycles. The summed E-state index contributed by atoms with van der Waals surface area (Å²) in [5, 5.41) is 9.64. The van der Waals surface area contributed by atoms with E-state index in [0.717, 1.165) is 16.6 Å². The molecule has 0 amide bonds. The average molecular weight is 253 g/mol. The summed E-state index contributed by atoms with van der Waals surface area (Å²) in [7, 11) is -0.869. The van der Waals surface area contributed by atoms with E-state index in [1.807, 2.05) is 18.2 Å². The van der Waals surface area contributed by atoms with Crippen molar-refractivity contribution in [3.05, 3.63) is 59.4 Å². The number of carbonyl (C=O) groups excluding carboxylic acids is 1.